The quantitative estimate of drug-likeness (QED) is 0.423. The van der Waals surface area contributed by atoms with Crippen LogP contribution in [0.5, 0.6) is 0 Å². The lowest BCUT2D eigenvalue weighted by Crippen LogP contribution is -2.01. The average Bonchev–Trinajstić information content (AvgIpc) is 2.14. The van der Waals surface area contributed by atoms with Crippen LogP contribution in [0.1, 0.15) is 19.3 Å². The number of carbonyl (C=O) groups is 1. The summed E-state index contributed by atoms with van der Waals surface area (Å²) in [5.74, 6) is 2.67. The molecule has 0 N–H and O–H groups in total. The summed E-state index contributed by atoms with van der Waals surface area (Å²) >= 11 is 0. The Hall–Kier alpha value is -0.770. The molecule has 0 heterocycles. The van der Waals surface area contributed by atoms with Crippen molar-refractivity contribution in [1.29, 1.82) is 0 Å². The molecule has 0 unspecified atom stereocenters. The second kappa shape index (κ2) is 2.00. The highest BCUT2D eigenvalue weighted by Gasteiger charge is 2.21. The Morgan fingerprint density at radius 2 is 2.50 bits per heavy atom. The summed E-state index contributed by atoms with van der Waals surface area (Å²) in [5, 5.41) is 0. The van der Waals surface area contributed by atoms with Gasteiger partial charge in [0.2, 0.25) is 0 Å². The lowest BCUT2D eigenvalue weighted by molar-refractivity contribution is -0.119. The first-order valence-corrected chi connectivity index (χ1v) is 2.83. The molecule has 42 valence electrons. The van der Waals surface area contributed by atoms with Crippen LogP contribution in [0, 0.1) is 18.3 Å². The molecule has 1 aliphatic carbocycles. The predicted molar refractivity (Wildman–Crippen MR) is 31.2 cm³/mol. The summed E-state index contributed by atoms with van der Waals surface area (Å²) in [6.07, 6.45) is 7.66. The van der Waals surface area contributed by atoms with E-state index in [1.54, 1.807) is 0 Å². The maximum Gasteiger partial charge on any atom is 0.147 e. The van der Waals surface area contributed by atoms with Crippen molar-refractivity contribution >= 4 is 5.78 Å². The van der Waals surface area contributed by atoms with Gasteiger partial charge in [0, 0.05) is 6.42 Å². The lowest BCUT2D eigenvalue weighted by atomic mass is 10.1. The fourth-order valence-corrected chi connectivity index (χ4v) is 0.992. The number of ketones is 1. The summed E-state index contributed by atoms with van der Waals surface area (Å²) in [4.78, 5) is 10.7. The van der Waals surface area contributed by atoms with E-state index < -0.39 is 0 Å². The van der Waals surface area contributed by atoms with Gasteiger partial charge in [0.1, 0.15) is 5.78 Å². The Morgan fingerprint density at radius 3 is 2.75 bits per heavy atom. The molecule has 0 aromatic rings. The Balaban J connectivity index is 2.58. The summed E-state index contributed by atoms with van der Waals surface area (Å²) in [6, 6.07) is 0. The van der Waals surface area contributed by atoms with Crippen molar-refractivity contribution in [2.24, 2.45) is 5.92 Å². The summed E-state index contributed by atoms with van der Waals surface area (Å²) in [5.41, 5.74) is 0. The summed E-state index contributed by atoms with van der Waals surface area (Å²) in [7, 11) is 0. The van der Waals surface area contributed by atoms with E-state index >= 15 is 0 Å². The van der Waals surface area contributed by atoms with Gasteiger partial charge in [-0.15, -0.1) is 6.42 Å². The molecule has 1 heteroatoms. The van der Waals surface area contributed by atoms with Gasteiger partial charge in [0.05, 0.1) is 5.92 Å². The molecule has 1 nitrogen and oxygen atoms in total. The molecule has 0 aliphatic heterocycles. The van der Waals surface area contributed by atoms with Gasteiger partial charge in [-0.25, -0.2) is 0 Å². The number of Topliss-reactive ketones (excluding diaryl/α,β-unsaturated/α-hetero) is 1. The van der Waals surface area contributed by atoms with Crippen LogP contribution in [0.3, 0.4) is 0 Å². The third kappa shape index (κ3) is 0.742. The first-order chi connectivity index (χ1) is 3.84. The Labute approximate surface area is 49.1 Å². The zero-order valence-corrected chi connectivity index (χ0v) is 4.68. The maximum absolute atomic E-state index is 10.7. The molecule has 0 bridgehead atoms. The smallest absolute Gasteiger partial charge is 0.147 e. The van der Waals surface area contributed by atoms with Gasteiger partial charge in [-0.1, -0.05) is 5.92 Å². The average molecular weight is 108 g/mol. The zero-order valence-electron chi connectivity index (χ0n) is 4.68. The fourth-order valence-electron chi connectivity index (χ4n) is 0.992. The van der Waals surface area contributed by atoms with E-state index in [1.807, 2.05) is 0 Å². The normalized spacial score (nSPS) is 27.9. The number of rotatable bonds is 0. The molecule has 8 heavy (non-hydrogen) atoms. The van der Waals surface area contributed by atoms with Gasteiger partial charge in [-0.3, -0.25) is 4.79 Å². The minimum Gasteiger partial charge on any atom is -0.298 e. The van der Waals surface area contributed by atoms with E-state index in [0.717, 1.165) is 12.8 Å². The van der Waals surface area contributed by atoms with Crippen molar-refractivity contribution in [2.75, 3.05) is 0 Å². The lowest BCUT2D eigenvalue weighted by Gasteiger charge is -1.91. The Morgan fingerprint density at radius 1 is 1.75 bits per heavy atom. The molecule has 0 saturated heterocycles. The van der Waals surface area contributed by atoms with Crippen LogP contribution in [0.4, 0.5) is 0 Å². The van der Waals surface area contributed by atoms with Crippen molar-refractivity contribution in [3.8, 4) is 12.3 Å². The first-order valence-electron chi connectivity index (χ1n) is 2.83. The largest absolute Gasteiger partial charge is 0.298 e. The van der Waals surface area contributed by atoms with Crippen LogP contribution >= 0.6 is 0 Å². The minimum absolute atomic E-state index is 0.0463. The molecule has 0 amide bonds. The molecular weight excluding hydrogens is 100 g/mol. The number of carbonyl (C=O) groups excluding carboxylic acids is 1. The van der Waals surface area contributed by atoms with Crippen LogP contribution in [0.25, 0.3) is 0 Å². The Bertz CT molecular complexity index is 141. The molecule has 1 fully saturated rings. The molecule has 1 atom stereocenters. The Kier molecular flexibility index (Phi) is 1.34. The van der Waals surface area contributed by atoms with Crippen LogP contribution in [0.15, 0.2) is 0 Å². The van der Waals surface area contributed by atoms with Crippen molar-refractivity contribution in [3.05, 3.63) is 0 Å². The van der Waals surface area contributed by atoms with E-state index in [2.05, 4.69) is 5.92 Å². The van der Waals surface area contributed by atoms with Gasteiger partial charge in [-0.05, 0) is 12.8 Å². The highest BCUT2D eigenvalue weighted by atomic mass is 16.1. The first kappa shape index (κ1) is 5.37. The molecule has 0 aromatic carbocycles. The van der Waals surface area contributed by atoms with Gasteiger partial charge in [0.15, 0.2) is 0 Å². The second-order valence-electron chi connectivity index (χ2n) is 2.08. The SMILES string of the molecule is C#C[C@@H]1CCCC1=O. The highest BCUT2D eigenvalue weighted by molar-refractivity contribution is 5.85. The number of hydrogen-bond donors (Lipinski definition) is 0. The third-order valence-corrected chi connectivity index (χ3v) is 1.51. The second-order valence-corrected chi connectivity index (χ2v) is 2.08. The monoisotopic (exact) mass is 108 g/mol. The van der Waals surface area contributed by atoms with Crippen molar-refractivity contribution < 1.29 is 4.79 Å². The van der Waals surface area contributed by atoms with Gasteiger partial charge < -0.3 is 0 Å². The van der Waals surface area contributed by atoms with E-state index in [9.17, 15) is 4.79 Å². The predicted octanol–water partition coefficient (Wildman–Crippen LogP) is 0.989. The van der Waals surface area contributed by atoms with E-state index in [0.29, 0.717) is 6.42 Å². The van der Waals surface area contributed by atoms with Crippen LogP contribution in [0.2, 0.25) is 0 Å². The molecular formula is C7H8O. The molecule has 1 saturated carbocycles. The van der Waals surface area contributed by atoms with Crippen molar-refractivity contribution in [2.45, 2.75) is 19.3 Å². The highest BCUT2D eigenvalue weighted by Crippen LogP contribution is 2.19. The van der Waals surface area contributed by atoms with Crippen LogP contribution < -0.4 is 0 Å². The van der Waals surface area contributed by atoms with Crippen LogP contribution in [-0.4, -0.2) is 5.78 Å². The maximum atomic E-state index is 10.7. The summed E-state index contributed by atoms with van der Waals surface area (Å²) in [6.45, 7) is 0. The molecule has 1 rings (SSSR count). The standard InChI is InChI=1S/C7H8O/c1-2-6-4-3-5-7(6)8/h1,6H,3-5H2/t6-/m1/s1. The van der Waals surface area contributed by atoms with Crippen molar-refractivity contribution in [1.82, 2.24) is 0 Å². The molecule has 0 radical (unpaired) electrons. The zero-order chi connectivity index (χ0) is 5.98. The molecule has 0 spiro atoms. The van der Waals surface area contributed by atoms with E-state index in [4.69, 9.17) is 6.42 Å². The number of terminal acetylenes is 1. The number of hydrogen-bond acceptors (Lipinski definition) is 1. The molecule has 0 aromatic heterocycles. The topological polar surface area (TPSA) is 17.1 Å². The van der Waals surface area contributed by atoms with Crippen molar-refractivity contribution in [3.63, 3.8) is 0 Å². The van der Waals surface area contributed by atoms with Gasteiger partial charge in [0.25, 0.3) is 0 Å². The van der Waals surface area contributed by atoms with Gasteiger partial charge >= 0.3 is 0 Å². The van der Waals surface area contributed by atoms with Gasteiger partial charge in [-0.2, -0.15) is 0 Å². The summed E-state index contributed by atoms with van der Waals surface area (Å²) < 4.78 is 0. The van der Waals surface area contributed by atoms with E-state index in [-0.39, 0.29) is 11.7 Å². The van der Waals surface area contributed by atoms with Crippen LogP contribution in [-0.2, 0) is 4.79 Å². The minimum atomic E-state index is -0.0463. The third-order valence-electron chi connectivity index (χ3n) is 1.51. The fraction of sp³-hybridized carbons (Fsp3) is 0.571. The molecule has 1 aliphatic rings. The van der Waals surface area contributed by atoms with E-state index in [1.165, 1.54) is 0 Å².